The molecule has 0 rings (SSSR count). The van der Waals surface area contributed by atoms with Gasteiger partial charge in [0, 0.05) is 12.8 Å². The summed E-state index contributed by atoms with van der Waals surface area (Å²) in [5.41, 5.74) is 0. The first-order valence-corrected chi connectivity index (χ1v) is 18.7. The predicted octanol–water partition coefficient (Wildman–Crippen LogP) is 10.3. The van der Waals surface area contributed by atoms with Gasteiger partial charge in [0.05, 0.1) is 6.10 Å². The number of carbonyl (C=O) groups is 2. The van der Waals surface area contributed by atoms with Crippen molar-refractivity contribution in [3.05, 3.63) is 48.6 Å². The average Bonchev–Trinajstić information content (AvgIpc) is 3.03. The molecule has 0 radical (unpaired) electrons. The number of unbranched alkanes of at least 4 members (excludes halogenated alkanes) is 14. The largest absolute Gasteiger partial charge is 0.463 e. The second-order valence-electron chi connectivity index (χ2n) is 13.0. The molecule has 0 amide bonds. The number of esters is 2. The van der Waals surface area contributed by atoms with E-state index in [4.69, 9.17) is 9.47 Å². The van der Waals surface area contributed by atoms with Crippen molar-refractivity contribution in [2.24, 2.45) is 5.92 Å². The van der Waals surface area contributed by atoms with Gasteiger partial charge in [-0.1, -0.05) is 153 Å². The van der Waals surface area contributed by atoms with Gasteiger partial charge in [0.1, 0.15) is 19.3 Å². The number of aliphatic hydroxyl groups excluding tert-OH is 2. The summed E-state index contributed by atoms with van der Waals surface area (Å²) in [6, 6.07) is 0. The smallest absolute Gasteiger partial charge is 0.305 e. The van der Waals surface area contributed by atoms with Gasteiger partial charge >= 0.3 is 11.9 Å². The highest BCUT2D eigenvalue weighted by Gasteiger charge is 2.12. The Hall–Kier alpha value is -2.18. The van der Waals surface area contributed by atoms with Crippen LogP contribution in [0.5, 0.6) is 0 Å². The Labute approximate surface area is 282 Å². The number of carbonyl (C=O) groups excluding carboxylic acids is 2. The monoisotopic (exact) mass is 647 g/mol. The molecule has 6 heteroatoms. The molecule has 2 atom stereocenters. The molecule has 0 saturated carbocycles. The van der Waals surface area contributed by atoms with Gasteiger partial charge in [-0.3, -0.25) is 9.59 Å². The van der Waals surface area contributed by atoms with Crippen LogP contribution in [0.2, 0.25) is 0 Å². The highest BCUT2D eigenvalue weighted by atomic mass is 16.6. The maximum atomic E-state index is 11.9. The highest BCUT2D eigenvalue weighted by Crippen LogP contribution is 2.14. The van der Waals surface area contributed by atoms with Crippen molar-refractivity contribution in [3.8, 4) is 0 Å². The standard InChI is InChI=1S/C40H70O6/c1-4-5-6-7-8-12-16-20-25-30-37(41)31-26-21-18-23-28-33-40(44)46-35-38(42)34-45-39(43)32-27-22-17-14-11-9-10-13-15-19-24-29-36(2)3/h8,12,18,20-21,25-26,31,36-38,41-42H,4-7,9-11,13-17,19,22-24,27-30,32-35H2,1-3H3/b12-8-,21-18+,25-20-,31-26-/t37?,38-/m1/s1. The zero-order valence-electron chi connectivity index (χ0n) is 29.8. The van der Waals surface area contributed by atoms with Crippen LogP contribution in [0.15, 0.2) is 48.6 Å². The molecule has 0 spiro atoms. The molecule has 0 aliphatic rings. The molecule has 0 fully saturated rings. The van der Waals surface area contributed by atoms with E-state index in [1.807, 2.05) is 24.3 Å². The fraction of sp³-hybridized carbons (Fsp3) is 0.750. The fourth-order valence-corrected chi connectivity index (χ4v) is 4.93. The average molecular weight is 647 g/mol. The van der Waals surface area contributed by atoms with E-state index in [9.17, 15) is 19.8 Å². The van der Waals surface area contributed by atoms with Crippen LogP contribution < -0.4 is 0 Å². The summed E-state index contributed by atoms with van der Waals surface area (Å²) in [6.07, 6.45) is 37.6. The third-order valence-electron chi connectivity index (χ3n) is 7.83. The number of rotatable bonds is 32. The van der Waals surface area contributed by atoms with Crippen molar-refractivity contribution in [2.75, 3.05) is 13.2 Å². The Bertz CT molecular complexity index is 813. The summed E-state index contributed by atoms with van der Waals surface area (Å²) in [5.74, 6) is 0.134. The SMILES string of the molecule is CCCCC/C=C\C/C=C\CC(O)/C=C\C=C\CCCC(=O)OC[C@H](O)COC(=O)CCCCCCCCCCCCCC(C)C. The summed E-state index contributed by atoms with van der Waals surface area (Å²) < 4.78 is 10.2. The van der Waals surface area contributed by atoms with E-state index in [1.54, 1.807) is 6.08 Å². The number of hydrogen-bond acceptors (Lipinski definition) is 6. The van der Waals surface area contributed by atoms with Crippen molar-refractivity contribution >= 4 is 11.9 Å². The van der Waals surface area contributed by atoms with Crippen LogP contribution in [-0.2, 0) is 19.1 Å². The predicted molar refractivity (Wildman–Crippen MR) is 193 cm³/mol. The van der Waals surface area contributed by atoms with Gasteiger partial charge in [-0.2, -0.15) is 0 Å². The normalized spacial score (nSPS) is 13.5. The van der Waals surface area contributed by atoms with Gasteiger partial charge in [0.2, 0.25) is 0 Å². The van der Waals surface area contributed by atoms with Crippen molar-refractivity contribution in [3.63, 3.8) is 0 Å². The van der Waals surface area contributed by atoms with E-state index in [0.717, 1.165) is 38.0 Å². The van der Waals surface area contributed by atoms with Gasteiger partial charge in [0.15, 0.2) is 0 Å². The van der Waals surface area contributed by atoms with Gasteiger partial charge < -0.3 is 19.7 Å². The zero-order valence-corrected chi connectivity index (χ0v) is 29.8. The molecule has 0 saturated heterocycles. The fourth-order valence-electron chi connectivity index (χ4n) is 4.93. The summed E-state index contributed by atoms with van der Waals surface area (Å²) in [7, 11) is 0. The Morgan fingerprint density at radius 3 is 1.76 bits per heavy atom. The van der Waals surface area contributed by atoms with Crippen LogP contribution >= 0.6 is 0 Å². The Morgan fingerprint density at radius 1 is 0.609 bits per heavy atom. The number of allylic oxidation sites excluding steroid dienone is 6. The van der Waals surface area contributed by atoms with E-state index in [-0.39, 0.29) is 31.6 Å². The summed E-state index contributed by atoms with van der Waals surface area (Å²) in [4.78, 5) is 23.9. The molecule has 266 valence electrons. The van der Waals surface area contributed by atoms with Gasteiger partial charge in [-0.25, -0.2) is 0 Å². The Morgan fingerprint density at radius 2 is 1.15 bits per heavy atom. The lowest BCUT2D eigenvalue weighted by atomic mass is 10.0. The molecule has 0 aliphatic heterocycles. The topological polar surface area (TPSA) is 93.1 Å². The summed E-state index contributed by atoms with van der Waals surface area (Å²) in [5, 5.41) is 20.0. The highest BCUT2D eigenvalue weighted by molar-refractivity contribution is 5.69. The summed E-state index contributed by atoms with van der Waals surface area (Å²) in [6.45, 7) is 6.47. The van der Waals surface area contributed by atoms with Gasteiger partial charge in [0.25, 0.3) is 0 Å². The zero-order chi connectivity index (χ0) is 33.9. The van der Waals surface area contributed by atoms with Crippen LogP contribution in [0, 0.1) is 5.92 Å². The molecule has 6 nitrogen and oxygen atoms in total. The molecule has 0 bridgehead atoms. The first-order chi connectivity index (χ1) is 22.3. The minimum Gasteiger partial charge on any atom is -0.463 e. The lowest BCUT2D eigenvalue weighted by molar-refractivity contribution is -0.152. The molecule has 2 N–H and O–H groups in total. The molecule has 0 heterocycles. The maximum absolute atomic E-state index is 11.9. The Balaban J connectivity index is 3.64. The molecule has 46 heavy (non-hydrogen) atoms. The first-order valence-electron chi connectivity index (χ1n) is 18.7. The molecule has 0 aromatic rings. The quantitative estimate of drug-likeness (QED) is 0.0327. The van der Waals surface area contributed by atoms with Crippen molar-refractivity contribution in [2.45, 2.75) is 174 Å². The van der Waals surface area contributed by atoms with Crippen LogP contribution in [0.4, 0.5) is 0 Å². The van der Waals surface area contributed by atoms with E-state index in [2.05, 4.69) is 39.0 Å². The second-order valence-corrected chi connectivity index (χ2v) is 13.0. The lowest BCUT2D eigenvalue weighted by Crippen LogP contribution is -2.25. The van der Waals surface area contributed by atoms with E-state index in [0.29, 0.717) is 25.7 Å². The molecule has 1 unspecified atom stereocenters. The maximum Gasteiger partial charge on any atom is 0.305 e. The first kappa shape index (κ1) is 43.8. The van der Waals surface area contributed by atoms with E-state index in [1.165, 1.54) is 77.0 Å². The molecular weight excluding hydrogens is 576 g/mol. The van der Waals surface area contributed by atoms with Crippen molar-refractivity contribution in [1.29, 1.82) is 0 Å². The third kappa shape index (κ3) is 34.7. The van der Waals surface area contributed by atoms with E-state index < -0.39 is 12.2 Å². The van der Waals surface area contributed by atoms with Crippen molar-refractivity contribution in [1.82, 2.24) is 0 Å². The lowest BCUT2D eigenvalue weighted by Gasteiger charge is -2.12. The van der Waals surface area contributed by atoms with Gasteiger partial charge in [-0.05, 0) is 50.9 Å². The number of hydrogen-bond donors (Lipinski definition) is 2. The van der Waals surface area contributed by atoms with Crippen LogP contribution in [0.25, 0.3) is 0 Å². The Kier molecular flexibility index (Phi) is 32.5. The molecular formula is C40H70O6. The summed E-state index contributed by atoms with van der Waals surface area (Å²) >= 11 is 0. The molecule has 0 aromatic heterocycles. The minimum atomic E-state index is -1.01. The number of aliphatic hydroxyl groups is 2. The minimum absolute atomic E-state index is 0.156. The van der Waals surface area contributed by atoms with Crippen LogP contribution in [0.1, 0.15) is 162 Å². The van der Waals surface area contributed by atoms with Crippen LogP contribution in [0.3, 0.4) is 0 Å². The number of ether oxygens (including phenoxy) is 2. The molecule has 0 aromatic carbocycles. The molecule has 0 aliphatic carbocycles. The van der Waals surface area contributed by atoms with E-state index >= 15 is 0 Å². The van der Waals surface area contributed by atoms with Crippen molar-refractivity contribution < 1.29 is 29.3 Å². The second kappa shape index (κ2) is 34.2. The third-order valence-corrected chi connectivity index (χ3v) is 7.83. The van der Waals surface area contributed by atoms with Gasteiger partial charge in [-0.15, -0.1) is 0 Å². The van der Waals surface area contributed by atoms with Crippen LogP contribution in [-0.4, -0.2) is 47.6 Å².